The third-order valence-electron chi connectivity index (χ3n) is 3.70. The standard InChI is InChI=1S/C15H22O4/c1-17-13-5-2-3-6-14(13)19-10-8-15(11-16)7-4-9-18-12-15/h2-3,5-6,16H,4,7-12H2,1H3. The van der Waals surface area contributed by atoms with Gasteiger partial charge in [-0.25, -0.2) is 0 Å². The summed E-state index contributed by atoms with van der Waals surface area (Å²) in [5, 5.41) is 9.58. The van der Waals surface area contributed by atoms with E-state index in [2.05, 4.69) is 0 Å². The molecule has 1 aromatic carbocycles. The van der Waals surface area contributed by atoms with Gasteiger partial charge in [-0.15, -0.1) is 0 Å². The summed E-state index contributed by atoms with van der Waals surface area (Å²) in [6.45, 7) is 2.14. The van der Waals surface area contributed by atoms with E-state index in [1.807, 2.05) is 24.3 Å². The highest BCUT2D eigenvalue weighted by atomic mass is 16.5. The van der Waals surface area contributed by atoms with Gasteiger partial charge < -0.3 is 19.3 Å². The van der Waals surface area contributed by atoms with Crippen molar-refractivity contribution in [3.8, 4) is 11.5 Å². The Morgan fingerprint density at radius 1 is 1.32 bits per heavy atom. The van der Waals surface area contributed by atoms with Crippen LogP contribution in [-0.4, -0.2) is 38.6 Å². The van der Waals surface area contributed by atoms with Gasteiger partial charge in [0.1, 0.15) is 0 Å². The highest BCUT2D eigenvalue weighted by Gasteiger charge is 2.32. The first-order chi connectivity index (χ1) is 9.29. The predicted octanol–water partition coefficient (Wildman–Crippen LogP) is 2.25. The Bertz CT molecular complexity index is 385. The maximum Gasteiger partial charge on any atom is 0.161 e. The quantitative estimate of drug-likeness (QED) is 0.858. The minimum Gasteiger partial charge on any atom is -0.493 e. The van der Waals surface area contributed by atoms with Gasteiger partial charge in [-0.2, -0.15) is 0 Å². The van der Waals surface area contributed by atoms with E-state index >= 15 is 0 Å². The van der Waals surface area contributed by atoms with Crippen LogP contribution < -0.4 is 9.47 Å². The van der Waals surface area contributed by atoms with Gasteiger partial charge >= 0.3 is 0 Å². The van der Waals surface area contributed by atoms with Gasteiger partial charge in [-0.1, -0.05) is 12.1 Å². The van der Waals surface area contributed by atoms with Crippen molar-refractivity contribution in [2.45, 2.75) is 19.3 Å². The topological polar surface area (TPSA) is 47.9 Å². The number of para-hydroxylation sites is 2. The average Bonchev–Trinajstić information content (AvgIpc) is 2.49. The average molecular weight is 266 g/mol. The van der Waals surface area contributed by atoms with Gasteiger partial charge in [0.2, 0.25) is 0 Å². The number of methoxy groups -OCH3 is 1. The van der Waals surface area contributed by atoms with Crippen molar-refractivity contribution in [3.05, 3.63) is 24.3 Å². The van der Waals surface area contributed by atoms with E-state index in [0.717, 1.165) is 37.4 Å². The minimum absolute atomic E-state index is 0.139. The van der Waals surface area contributed by atoms with Crippen LogP contribution in [0.1, 0.15) is 19.3 Å². The second-order valence-corrected chi connectivity index (χ2v) is 5.06. The lowest BCUT2D eigenvalue weighted by Gasteiger charge is -2.35. The fourth-order valence-corrected chi connectivity index (χ4v) is 2.43. The highest BCUT2D eigenvalue weighted by Crippen LogP contribution is 2.33. The number of benzene rings is 1. The molecule has 19 heavy (non-hydrogen) atoms. The predicted molar refractivity (Wildman–Crippen MR) is 72.7 cm³/mol. The lowest BCUT2D eigenvalue weighted by molar-refractivity contribution is -0.0482. The van der Waals surface area contributed by atoms with Crippen LogP contribution in [0.25, 0.3) is 0 Å². The van der Waals surface area contributed by atoms with Gasteiger partial charge in [-0.3, -0.25) is 0 Å². The van der Waals surface area contributed by atoms with E-state index in [4.69, 9.17) is 14.2 Å². The van der Waals surface area contributed by atoms with Gasteiger partial charge in [0.15, 0.2) is 11.5 Å². The molecular weight excluding hydrogens is 244 g/mol. The molecule has 1 aliphatic heterocycles. The van der Waals surface area contributed by atoms with Crippen molar-refractivity contribution >= 4 is 0 Å². The lowest BCUT2D eigenvalue weighted by Crippen LogP contribution is -2.36. The molecule has 0 radical (unpaired) electrons. The summed E-state index contributed by atoms with van der Waals surface area (Å²) in [7, 11) is 1.63. The molecule has 0 bridgehead atoms. The maximum absolute atomic E-state index is 9.58. The molecule has 4 heteroatoms. The van der Waals surface area contributed by atoms with Crippen LogP contribution in [0.4, 0.5) is 0 Å². The fourth-order valence-electron chi connectivity index (χ4n) is 2.43. The Morgan fingerprint density at radius 2 is 2.11 bits per heavy atom. The van der Waals surface area contributed by atoms with Crippen molar-refractivity contribution in [1.82, 2.24) is 0 Å². The smallest absolute Gasteiger partial charge is 0.161 e. The van der Waals surface area contributed by atoms with Gasteiger partial charge in [0, 0.05) is 12.0 Å². The van der Waals surface area contributed by atoms with Crippen molar-refractivity contribution in [2.24, 2.45) is 5.41 Å². The lowest BCUT2D eigenvalue weighted by atomic mass is 9.80. The summed E-state index contributed by atoms with van der Waals surface area (Å²) in [4.78, 5) is 0. The first-order valence-corrected chi connectivity index (χ1v) is 6.74. The zero-order valence-electron chi connectivity index (χ0n) is 11.4. The van der Waals surface area contributed by atoms with Gasteiger partial charge in [0.25, 0.3) is 0 Å². The van der Waals surface area contributed by atoms with E-state index < -0.39 is 0 Å². The number of aliphatic hydroxyl groups excluding tert-OH is 1. The second-order valence-electron chi connectivity index (χ2n) is 5.06. The third kappa shape index (κ3) is 3.61. The summed E-state index contributed by atoms with van der Waals surface area (Å²) in [5.41, 5.74) is -0.139. The molecule has 0 amide bonds. The Balaban J connectivity index is 1.88. The highest BCUT2D eigenvalue weighted by molar-refractivity contribution is 5.39. The van der Waals surface area contributed by atoms with Crippen LogP contribution in [0.5, 0.6) is 11.5 Å². The van der Waals surface area contributed by atoms with Crippen molar-refractivity contribution in [1.29, 1.82) is 0 Å². The monoisotopic (exact) mass is 266 g/mol. The maximum atomic E-state index is 9.58. The Hall–Kier alpha value is -1.26. The number of ether oxygens (including phenoxy) is 3. The number of hydrogen-bond donors (Lipinski definition) is 1. The Labute approximate surface area is 114 Å². The molecule has 0 aliphatic carbocycles. The molecule has 1 aliphatic rings. The third-order valence-corrected chi connectivity index (χ3v) is 3.70. The molecule has 0 aromatic heterocycles. The van der Waals surface area contributed by atoms with E-state index in [1.165, 1.54) is 0 Å². The summed E-state index contributed by atoms with van der Waals surface area (Å²) in [6, 6.07) is 7.60. The van der Waals surface area contributed by atoms with Gasteiger partial charge in [-0.05, 0) is 31.4 Å². The Morgan fingerprint density at radius 3 is 2.74 bits per heavy atom. The molecule has 1 unspecified atom stereocenters. The molecule has 1 heterocycles. The molecule has 2 rings (SSSR count). The summed E-state index contributed by atoms with van der Waals surface area (Å²) < 4.78 is 16.5. The van der Waals surface area contributed by atoms with E-state index in [1.54, 1.807) is 7.11 Å². The number of rotatable bonds is 6. The zero-order valence-corrected chi connectivity index (χ0v) is 11.4. The van der Waals surface area contributed by atoms with Crippen LogP contribution in [0.15, 0.2) is 24.3 Å². The zero-order chi connectivity index (χ0) is 13.6. The van der Waals surface area contributed by atoms with Crippen molar-refractivity contribution in [3.63, 3.8) is 0 Å². The number of hydrogen-bond acceptors (Lipinski definition) is 4. The molecule has 1 N–H and O–H groups in total. The van der Waals surface area contributed by atoms with Crippen LogP contribution in [-0.2, 0) is 4.74 Å². The Kier molecular flexibility index (Phi) is 5.05. The minimum atomic E-state index is -0.139. The summed E-state index contributed by atoms with van der Waals surface area (Å²) in [5.74, 6) is 1.48. The van der Waals surface area contributed by atoms with Crippen LogP contribution in [0, 0.1) is 5.41 Å². The SMILES string of the molecule is COc1ccccc1OCCC1(CO)CCCOC1. The molecule has 106 valence electrons. The molecule has 4 nitrogen and oxygen atoms in total. The van der Waals surface area contributed by atoms with Crippen LogP contribution >= 0.6 is 0 Å². The molecule has 1 aromatic rings. The molecular formula is C15H22O4. The fraction of sp³-hybridized carbons (Fsp3) is 0.600. The molecule has 1 saturated heterocycles. The van der Waals surface area contributed by atoms with Crippen LogP contribution in [0.3, 0.4) is 0 Å². The van der Waals surface area contributed by atoms with Crippen molar-refractivity contribution in [2.75, 3.05) is 33.5 Å². The summed E-state index contributed by atoms with van der Waals surface area (Å²) in [6.07, 6.45) is 2.80. The molecule has 1 atom stereocenters. The normalized spacial score (nSPS) is 23.1. The number of aliphatic hydroxyl groups is 1. The first-order valence-electron chi connectivity index (χ1n) is 6.74. The van der Waals surface area contributed by atoms with E-state index in [9.17, 15) is 5.11 Å². The largest absolute Gasteiger partial charge is 0.493 e. The van der Waals surface area contributed by atoms with Crippen LogP contribution in [0.2, 0.25) is 0 Å². The van der Waals surface area contributed by atoms with Gasteiger partial charge in [0.05, 0.1) is 26.9 Å². The molecule has 1 fully saturated rings. The second kappa shape index (κ2) is 6.78. The van der Waals surface area contributed by atoms with E-state index in [0.29, 0.717) is 13.2 Å². The van der Waals surface area contributed by atoms with E-state index in [-0.39, 0.29) is 12.0 Å². The first kappa shape index (κ1) is 14.2. The summed E-state index contributed by atoms with van der Waals surface area (Å²) >= 11 is 0. The molecule has 0 saturated carbocycles. The van der Waals surface area contributed by atoms with Crippen molar-refractivity contribution < 1.29 is 19.3 Å². The molecule has 0 spiro atoms.